The van der Waals surface area contributed by atoms with Gasteiger partial charge in [0.25, 0.3) is 0 Å². The molecule has 1 aromatic rings. The Labute approximate surface area is 109 Å². The summed E-state index contributed by atoms with van der Waals surface area (Å²) < 4.78 is 5.95. The monoisotopic (exact) mass is 302 g/mol. The van der Waals surface area contributed by atoms with E-state index in [0.717, 1.165) is 15.7 Å². The van der Waals surface area contributed by atoms with Crippen molar-refractivity contribution in [3.05, 3.63) is 28.2 Å². The lowest BCUT2D eigenvalue weighted by Gasteiger charge is -2.15. The molecule has 0 aliphatic heterocycles. The molecule has 1 rings (SSSR count). The molecule has 0 saturated carbocycles. The number of ether oxygens (including phenoxy) is 1. The van der Waals surface area contributed by atoms with E-state index in [1.807, 2.05) is 18.2 Å². The molecule has 0 amide bonds. The van der Waals surface area contributed by atoms with Gasteiger partial charge in [0.05, 0.1) is 6.61 Å². The highest BCUT2D eigenvalue weighted by molar-refractivity contribution is 9.10. The minimum Gasteiger partial charge on any atom is -0.389 e. The minimum atomic E-state index is 0.257. The molecule has 0 radical (unpaired) electrons. The zero-order chi connectivity index (χ0) is 12.1. The van der Waals surface area contributed by atoms with Gasteiger partial charge in [-0.2, -0.15) is 0 Å². The van der Waals surface area contributed by atoms with E-state index >= 15 is 0 Å². The average molecular weight is 303 g/mol. The lowest BCUT2D eigenvalue weighted by atomic mass is 10.2. The van der Waals surface area contributed by atoms with Crippen molar-refractivity contribution in [2.24, 2.45) is 5.73 Å². The van der Waals surface area contributed by atoms with Gasteiger partial charge in [-0.3, -0.25) is 0 Å². The molecular formula is C11H15BrN2OS. The van der Waals surface area contributed by atoms with Gasteiger partial charge in [-0.05, 0) is 41.1 Å². The summed E-state index contributed by atoms with van der Waals surface area (Å²) in [7, 11) is 1.68. The van der Waals surface area contributed by atoms with Crippen LogP contribution in [0.1, 0.15) is 12.5 Å². The summed E-state index contributed by atoms with van der Waals surface area (Å²) in [6, 6.07) is 6.06. The molecule has 0 heterocycles. The zero-order valence-corrected chi connectivity index (χ0v) is 11.7. The molecule has 16 heavy (non-hydrogen) atoms. The molecule has 3 nitrogen and oxygen atoms in total. The summed E-state index contributed by atoms with van der Waals surface area (Å²) in [5, 5.41) is 3.31. The topological polar surface area (TPSA) is 47.3 Å². The average Bonchev–Trinajstić information content (AvgIpc) is 2.17. The second-order valence-electron chi connectivity index (χ2n) is 3.56. The third-order valence-electron chi connectivity index (χ3n) is 2.06. The van der Waals surface area contributed by atoms with Crippen molar-refractivity contribution in [1.82, 2.24) is 0 Å². The maximum absolute atomic E-state index is 5.57. The Bertz CT molecular complexity index is 384. The number of thiocarbonyl (C=S) groups is 1. The number of rotatable bonds is 5. The smallest absolute Gasteiger partial charge is 0.105 e. The van der Waals surface area contributed by atoms with Crippen LogP contribution in [0.4, 0.5) is 5.69 Å². The van der Waals surface area contributed by atoms with E-state index in [1.165, 1.54) is 0 Å². The van der Waals surface area contributed by atoms with E-state index in [4.69, 9.17) is 22.7 Å². The molecule has 0 bridgehead atoms. The van der Waals surface area contributed by atoms with Gasteiger partial charge in [0.2, 0.25) is 0 Å². The summed E-state index contributed by atoms with van der Waals surface area (Å²) in [6.07, 6.45) is 0. The summed E-state index contributed by atoms with van der Waals surface area (Å²) in [4.78, 5) is 0.392. The number of nitrogens with two attached hydrogens (primary N) is 1. The van der Waals surface area contributed by atoms with Crippen LogP contribution in [0.3, 0.4) is 0 Å². The fraction of sp³-hybridized carbons (Fsp3) is 0.364. The van der Waals surface area contributed by atoms with Crippen LogP contribution in [0.5, 0.6) is 0 Å². The number of hydrogen-bond acceptors (Lipinski definition) is 3. The van der Waals surface area contributed by atoms with Gasteiger partial charge in [-0.15, -0.1) is 0 Å². The molecule has 0 aliphatic carbocycles. The molecule has 5 heteroatoms. The highest BCUT2D eigenvalue weighted by Crippen LogP contribution is 2.22. The SMILES string of the molecule is COCC(C)Nc1ccc(C(N)=S)c(Br)c1. The summed E-state index contributed by atoms with van der Waals surface area (Å²) in [5.41, 5.74) is 7.43. The van der Waals surface area contributed by atoms with Gasteiger partial charge in [0, 0.05) is 28.9 Å². The minimum absolute atomic E-state index is 0.257. The standard InChI is InChI=1S/C11H15BrN2OS/c1-7(6-15-2)14-8-3-4-9(11(13)16)10(12)5-8/h3-5,7,14H,6H2,1-2H3,(H2,13,16). The number of methoxy groups -OCH3 is 1. The maximum atomic E-state index is 5.57. The second-order valence-corrected chi connectivity index (χ2v) is 4.85. The van der Waals surface area contributed by atoms with Gasteiger partial charge in [-0.1, -0.05) is 12.2 Å². The zero-order valence-electron chi connectivity index (χ0n) is 9.29. The number of anilines is 1. The summed E-state index contributed by atoms with van der Waals surface area (Å²) in [6.45, 7) is 2.72. The quantitative estimate of drug-likeness (QED) is 0.821. The Balaban J connectivity index is 2.77. The Morgan fingerprint density at radius 2 is 2.31 bits per heavy atom. The molecule has 0 aliphatic rings. The normalized spacial score (nSPS) is 12.2. The van der Waals surface area contributed by atoms with Crippen LogP contribution in [-0.2, 0) is 4.74 Å². The van der Waals surface area contributed by atoms with Crippen molar-refractivity contribution in [3.63, 3.8) is 0 Å². The van der Waals surface area contributed by atoms with Gasteiger partial charge in [0.15, 0.2) is 0 Å². The molecule has 0 aromatic heterocycles. The van der Waals surface area contributed by atoms with Crippen LogP contribution in [0.25, 0.3) is 0 Å². The Morgan fingerprint density at radius 1 is 1.62 bits per heavy atom. The van der Waals surface area contributed by atoms with Crippen molar-refractivity contribution in [2.45, 2.75) is 13.0 Å². The molecule has 0 spiro atoms. The molecule has 1 atom stereocenters. The maximum Gasteiger partial charge on any atom is 0.105 e. The molecular weight excluding hydrogens is 288 g/mol. The van der Waals surface area contributed by atoms with Crippen LogP contribution >= 0.6 is 28.1 Å². The number of nitrogens with one attached hydrogen (secondary N) is 1. The molecule has 1 unspecified atom stereocenters. The van der Waals surface area contributed by atoms with Crippen molar-refractivity contribution < 1.29 is 4.74 Å². The van der Waals surface area contributed by atoms with Gasteiger partial charge in [-0.25, -0.2) is 0 Å². The molecule has 1 aromatic carbocycles. The van der Waals surface area contributed by atoms with E-state index in [1.54, 1.807) is 7.11 Å². The fourth-order valence-electron chi connectivity index (χ4n) is 1.38. The lowest BCUT2D eigenvalue weighted by Crippen LogP contribution is -2.21. The molecule has 0 saturated heterocycles. The third kappa shape index (κ3) is 3.73. The predicted octanol–water partition coefficient (Wildman–Crippen LogP) is 2.53. The van der Waals surface area contributed by atoms with Crippen molar-refractivity contribution >= 4 is 38.8 Å². The molecule has 88 valence electrons. The highest BCUT2D eigenvalue weighted by Gasteiger charge is 2.06. The molecule has 3 N–H and O–H groups in total. The van der Waals surface area contributed by atoms with E-state index in [0.29, 0.717) is 11.6 Å². The number of benzene rings is 1. The van der Waals surface area contributed by atoms with E-state index in [-0.39, 0.29) is 6.04 Å². The second kappa shape index (κ2) is 6.18. The highest BCUT2D eigenvalue weighted by atomic mass is 79.9. The largest absolute Gasteiger partial charge is 0.389 e. The van der Waals surface area contributed by atoms with Gasteiger partial charge >= 0.3 is 0 Å². The first-order valence-corrected chi connectivity index (χ1v) is 6.09. The van der Waals surface area contributed by atoms with Crippen LogP contribution in [0.2, 0.25) is 0 Å². The predicted molar refractivity (Wildman–Crippen MR) is 75.0 cm³/mol. The number of hydrogen-bond donors (Lipinski definition) is 2. The van der Waals surface area contributed by atoms with Crippen molar-refractivity contribution in [1.29, 1.82) is 0 Å². The number of halogens is 1. The fourth-order valence-corrected chi connectivity index (χ4v) is 2.28. The van der Waals surface area contributed by atoms with Gasteiger partial charge < -0.3 is 15.8 Å². The van der Waals surface area contributed by atoms with Crippen LogP contribution in [0, 0.1) is 0 Å². The first-order valence-electron chi connectivity index (χ1n) is 4.89. The van der Waals surface area contributed by atoms with Crippen LogP contribution < -0.4 is 11.1 Å². The Hall–Kier alpha value is -0.650. The van der Waals surface area contributed by atoms with Gasteiger partial charge in [0.1, 0.15) is 4.99 Å². The van der Waals surface area contributed by atoms with E-state index in [2.05, 4.69) is 28.2 Å². The lowest BCUT2D eigenvalue weighted by molar-refractivity contribution is 0.190. The summed E-state index contributed by atoms with van der Waals surface area (Å²) in [5.74, 6) is 0. The molecule has 0 fully saturated rings. The Kier molecular flexibility index (Phi) is 5.18. The Morgan fingerprint density at radius 3 is 2.81 bits per heavy atom. The summed E-state index contributed by atoms with van der Waals surface area (Å²) >= 11 is 8.37. The van der Waals surface area contributed by atoms with E-state index < -0.39 is 0 Å². The van der Waals surface area contributed by atoms with Crippen LogP contribution in [-0.4, -0.2) is 24.7 Å². The van der Waals surface area contributed by atoms with E-state index in [9.17, 15) is 0 Å². The van der Waals surface area contributed by atoms with Crippen molar-refractivity contribution in [2.75, 3.05) is 19.0 Å². The van der Waals surface area contributed by atoms with Crippen LogP contribution in [0.15, 0.2) is 22.7 Å². The van der Waals surface area contributed by atoms with Crippen molar-refractivity contribution in [3.8, 4) is 0 Å². The first kappa shape index (κ1) is 13.4. The third-order valence-corrected chi connectivity index (χ3v) is 2.94. The first-order chi connectivity index (χ1) is 7.54.